The number of nitrogens with one attached hydrogen (secondary N) is 1. The molecular weight excluding hydrogens is 277 g/mol. The first kappa shape index (κ1) is 14.2. The van der Waals surface area contributed by atoms with Gasteiger partial charge in [-0.1, -0.05) is 6.08 Å². The van der Waals surface area contributed by atoms with Crippen molar-refractivity contribution in [2.24, 2.45) is 7.05 Å². The number of allylic oxidation sites excluding steroid dienone is 1. The molecule has 0 bridgehead atoms. The number of aromatic nitrogens is 1. The molecule has 2 nitrogen and oxygen atoms in total. The lowest BCUT2D eigenvalue weighted by atomic mass is 9.99. The summed E-state index contributed by atoms with van der Waals surface area (Å²) in [6.07, 6.45) is 1.61. The van der Waals surface area contributed by atoms with Crippen LogP contribution in [0.25, 0.3) is 16.5 Å². The Labute approximate surface area is 121 Å². The maximum atomic E-state index is 12.9. The molecule has 0 unspecified atom stereocenters. The maximum Gasteiger partial charge on any atom is 0.416 e. The van der Waals surface area contributed by atoms with Crippen LogP contribution in [0.4, 0.5) is 13.2 Å². The molecule has 0 amide bonds. The van der Waals surface area contributed by atoms with Crippen molar-refractivity contribution in [3.63, 3.8) is 0 Å². The van der Waals surface area contributed by atoms with Crippen LogP contribution in [-0.2, 0) is 13.2 Å². The van der Waals surface area contributed by atoms with Crippen LogP contribution in [0.15, 0.2) is 30.5 Å². The third-order valence-corrected chi connectivity index (χ3v) is 3.96. The van der Waals surface area contributed by atoms with Crippen LogP contribution in [0.5, 0.6) is 0 Å². The monoisotopic (exact) mass is 294 g/mol. The standard InChI is InChI=1S/C16H17F3N2/c1-21-10-14(11-3-2-7-20-8-6-11)13-9-12(16(17,18)19)4-5-15(13)21/h4-6,9-10,20H,2-3,7-8H2,1H3. The molecule has 0 radical (unpaired) electrons. The molecular formula is C16H17F3N2. The summed E-state index contributed by atoms with van der Waals surface area (Å²) in [5, 5.41) is 3.96. The van der Waals surface area contributed by atoms with Gasteiger partial charge in [0.25, 0.3) is 0 Å². The zero-order chi connectivity index (χ0) is 15.0. The smallest absolute Gasteiger partial charge is 0.350 e. The molecule has 0 aliphatic carbocycles. The second kappa shape index (κ2) is 5.22. The van der Waals surface area contributed by atoms with E-state index in [2.05, 4.69) is 11.4 Å². The van der Waals surface area contributed by atoms with E-state index >= 15 is 0 Å². The number of alkyl halides is 3. The van der Waals surface area contributed by atoms with E-state index in [-0.39, 0.29) is 0 Å². The van der Waals surface area contributed by atoms with Crippen LogP contribution < -0.4 is 5.32 Å². The lowest BCUT2D eigenvalue weighted by Gasteiger charge is -2.08. The molecule has 0 fully saturated rings. The summed E-state index contributed by atoms with van der Waals surface area (Å²) in [6.45, 7) is 1.71. The highest BCUT2D eigenvalue weighted by Gasteiger charge is 2.31. The van der Waals surface area contributed by atoms with Crippen molar-refractivity contribution in [3.05, 3.63) is 41.6 Å². The predicted octanol–water partition coefficient (Wildman–Crippen LogP) is 3.96. The molecule has 2 aromatic rings. The van der Waals surface area contributed by atoms with Crippen molar-refractivity contribution < 1.29 is 13.2 Å². The first-order valence-corrected chi connectivity index (χ1v) is 7.03. The Kier molecular flexibility index (Phi) is 3.53. The minimum Gasteiger partial charge on any atom is -0.350 e. The summed E-state index contributed by atoms with van der Waals surface area (Å²) in [7, 11) is 1.87. The minimum absolute atomic E-state index is 0.588. The predicted molar refractivity (Wildman–Crippen MR) is 78.0 cm³/mol. The van der Waals surface area contributed by atoms with Crippen LogP contribution in [0.1, 0.15) is 24.0 Å². The topological polar surface area (TPSA) is 17.0 Å². The lowest BCUT2D eigenvalue weighted by Crippen LogP contribution is -2.12. The van der Waals surface area contributed by atoms with Crippen LogP contribution in [0.2, 0.25) is 0 Å². The van der Waals surface area contributed by atoms with Gasteiger partial charge in [0, 0.05) is 36.3 Å². The number of hydrogen-bond acceptors (Lipinski definition) is 1. The number of nitrogens with zero attached hydrogens (tertiary/aromatic N) is 1. The van der Waals surface area contributed by atoms with E-state index in [4.69, 9.17) is 0 Å². The SMILES string of the molecule is Cn1cc(C2=CCNCCC2)c2cc(C(F)(F)F)ccc21. The number of hydrogen-bond donors (Lipinski definition) is 1. The van der Waals surface area contributed by atoms with Crippen molar-refractivity contribution in [1.82, 2.24) is 9.88 Å². The van der Waals surface area contributed by atoms with E-state index in [1.54, 1.807) is 6.07 Å². The number of fused-ring (bicyclic) bond motifs is 1. The summed E-state index contributed by atoms with van der Waals surface area (Å²) in [6, 6.07) is 3.97. The Hall–Kier alpha value is -1.75. The zero-order valence-electron chi connectivity index (χ0n) is 11.8. The van der Waals surface area contributed by atoms with Crippen molar-refractivity contribution in [1.29, 1.82) is 0 Å². The summed E-state index contributed by atoms with van der Waals surface area (Å²) in [5.74, 6) is 0. The normalized spacial score (nSPS) is 16.9. The Bertz CT molecular complexity index is 695. The van der Waals surface area contributed by atoms with Gasteiger partial charge >= 0.3 is 6.18 Å². The minimum atomic E-state index is -4.30. The summed E-state index contributed by atoms with van der Waals surface area (Å²) in [5.41, 5.74) is 2.29. The van der Waals surface area contributed by atoms with Crippen molar-refractivity contribution in [3.8, 4) is 0 Å². The summed E-state index contributed by atoms with van der Waals surface area (Å²) >= 11 is 0. The number of halogens is 3. The third-order valence-electron chi connectivity index (χ3n) is 3.96. The maximum absolute atomic E-state index is 12.9. The van der Waals surface area contributed by atoms with E-state index in [0.29, 0.717) is 5.39 Å². The van der Waals surface area contributed by atoms with Crippen molar-refractivity contribution >= 4 is 16.5 Å². The van der Waals surface area contributed by atoms with Gasteiger partial charge in [0.1, 0.15) is 0 Å². The van der Waals surface area contributed by atoms with Gasteiger partial charge in [0.05, 0.1) is 5.56 Å². The Morgan fingerprint density at radius 1 is 1.24 bits per heavy atom. The molecule has 0 spiro atoms. The van der Waals surface area contributed by atoms with Gasteiger partial charge in [-0.05, 0) is 43.2 Å². The fourth-order valence-electron chi connectivity index (χ4n) is 2.87. The molecule has 1 aliphatic rings. The van der Waals surface area contributed by atoms with Crippen LogP contribution in [-0.4, -0.2) is 17.7 Å². The highest BCUT2D eigenvalue weighted by molar-refractivity contribution is 5.93. The third kappa shape index (κ3) is 2.70. The molecule has 1 aliphatic heterocycles. The Balaban J connectivity index is 2.15. The number of benzene rings is 1. The molecule has 1 aromatic heterocycles. The fraction of sp³-hybridized carbons (Fsp3) is 0.375. The van der Waals surface area contributed by atoms with Crippen molar-refractivity contribution in [2.75, 3.05) is 13.1 Å². The molecule has 1 N–H and O–H groups in total. The van der Waals surface area contributed by atoms with Gasteiger partial charge in [-0.15, -0.1) is 0 Å². The van der Waals surface area contributed by atoms with Crippen LogP contribution in [0.3, 0.4) is 0 Å². The number of aryl methyl sites for hydroxylation is 1. The van der Waals surface area contributed by atoms with Crippen LogP contribution >= 0.6 is 0 Å². The van der Waals surface area contributed by atoms with Gasteiger partial charge in [-0.25, -0.2) is 0 Å². The second-order valence-electron chi connectivity index (χ2n) is 5.42. The highest BCUT2D eigenvalue weighted by atomic mass is 19.4. The lowest BCUT2D eigenvalue weighted by molar-refractivity contribution is -0.137. The van der Waals surface area contributed by atoms with E-state index in [1.165, 1.54) is 6.07 Å². The van der Waals surface area contributed by atoms with Crippen molar-refractivity contribution in [2.45, 2.75) is 19.0 Å². The molecule has 2 heterocycles. The van der Waals surface area contributed by atoms with E-state index in [0.717, 1.165) is 48.7 Å². The van der Waals surface area contributed by atoms with E-state index in [1.807, 2.05) is 17.8 Å². The Morgan fingerprint density at radius 3 is 2.81 bits per heavy atom. The first-order valence-electron chi connectivity index (χ1n) is 7.03. The molecule has 21 heavy (non-hydrogen) atoms. The number of rotatable bonds is 1. The molecule has 0 saturated carbocycles. The largest absolute Gasteiger partial charge is 0.416 e. The second-order valence-corrected chi connectivity index (χ2v) is 5.42. The zero-order valence-corrected chi connectivity index (χ0v) is 11.8. The fourth-order valence-corrected chi connectivity index (χ4v) is 2.87. The molecule has 0 atom stereocenters. The van der Waals surface area contributed by atoms with E-state index in [9.17, 15) is 13.2 Å². The molecule has 3 rings (SSSR count). The average Bonchev–Trinajstić information content (AvgIpc) is 2.64. The van der Waals surface area contributed by atoms with Gasteiger partial charge in [0.15, 0.2) is 0 Å². The van der Waals surface area contributed by atoms with Gasteiger partial charge < -0.3 is 9.88 Å². The Morgan fingerprint density at radius 2 is 2.05 bits per heavy atom. The molecule has 5 heteroatoms. The molecule has 1 aromatic carbocycles. The van der Waals surface area contributed by atoms with E-state index < -0.39 is 11.7 Å². The van der Waals surface area contributed by atoms with Gasteiger partial charge in [-0.2, -0.15) is 13.2 Å². The summed E-state index contributed by atoms with van der Waals surface area (Å²) < 4.78 is 40.7. The first-order chi connectivity index (χ1) is 9.97. The van der Waals surface area contributed by atoms with Gasteiger partial charge in [-0.3, -0.25) is 0 Å². The average molecular weight is 294 g/mol. The quantitative estimate of drug-likeness (QED) is 0.842. The molecule has 112 valence electrons. The van der Waals surface area contributed by atoms with Gasteiger partial charge in [0.2, 0.25) is 0 Å². The molecule has 0 saturated heterocycles. The summed E-state index contributed by atoms with van der Waals surface area (Å²) in [4.78, 5) is 0. The van der Waals surface area contributed by atoms with Crippen LogP contribution in [0, 0.1) is 0 Å². The highest BCUT2D eigenvalue weighted by Crippen LogP contribution is 2.35.